The molecule has 2 rings (SSSR count). The van der Waals surface area contributed by atoms with E-state index in [1.807, 2.05) is 30.3 Å². The van der Waals surface area contributed by atoms with Crippen molar-refractivity contribution in [3.8, 4) is 5.75 Å². The van der Waals surface area contributed by atoms with Crippen LogP contribution in [-0.2, 0) is 11.5 Å². The highest BCUT2D eigenvalue weighted by Crippen LogP contribution is 2.27. The molecule has 2 N–H and O–H groups in total. The quantitative estimate of drug-likeness (QED) is 0.826. The minimum atomic E-state index is 0.724. The largest absolute Gasteiger partial charge is 0.496 e. The first-order valence-corrected chi connectivity index (χ1v) is 6.47. The second-order valence-corrected chi connectivity index (χ2v) is 4.63. The molecule has 1 heterocycles. The monoisotopic (exact) mass is 249 g/mol. The second-order valence-electron chi connectivity index (χ2n) is 3.64. The van der Waals surface area contributed by atoms with Gasteiger partial charge >= 0.3 is 0 Å². The van der Waals surface area contributed by atoms with E-state index in [4.69, 9.17) is 14.9 Å². The summed E-state index contributed by atoms with van der Waals surface area (Å²) >= 11 is 1.78. The predicted molar refractivity (Wildman–Crippen MR) is 71.1 cm³/mol. The molecule has 1 aromatic heterocycles. The minimum absolute atomic E-state index is 0.724. The van der Waals surface area contributed by atoms with Gasteiger partial charge in [0.15, 0.2) is 0 Å². The molecule has 0 spiro atoms. The van der Waals surface area contributed by atoms with Crippen molar-refractivity contribution in [1.82, 2.24) is 0 Å². The first-order chi connectivity index (χ1) is 8.29. The van der Waals surface area contributed by atoms with Crippen molar-refractivity contribution < 1.29 is 9.15 Å². The second kappa shape index (κ2) is 5.68. The van der Waals surface area contributed by atoms with Crippen LogP contribution in [0.3, 0.4) is 0 Å². The number of hydrogen-bond acceptors (Lipinski definition) is 4. The molecule has 0 bridgehead atoms. The molecule has 0 amide bonds. The zero-order chi connectivity index (χ0) is 12.1. The lowest BCUT2D eigenvalue weighted by atomic mass is 10.2. The minimum Gasteiger partial charge on any atom is -0.496 e. The van der Waals surface area contributed by atoms with E-state index in [1.54, 1.807) is 25.1 Å². The number of hydrogen-bond donors (Lipinski definition) is 1. The molecule has 0 aliphatic carbocycles. The van der Waals surface area contributed by atoms with E-state index in [0.717, 1.165) is 34.3 Å². The van der Waals surface area contributed by atoms with E-state index in [1.165, 1.54) is 0 Å². The van der Waals surface area contributed by atoms with Crippen LogP contribution in [0.15, 0.2) is 41.0 Å². The number of thioether (sulfide) groups is 1. The maximum absolute atomic E-state index is 5.71. The summed E-state index contributed by atoms with van der Waals surface area (Å²) in [5.74, 6) is 3.58. The topological polar surface area (TPSA) is 48.4 Å². The summed E-state index contributed by atoms with van der Waals surface area (Å²) in [6, 6.07) is 9.63. The number of anilines is 1. The zero-order valence-corrected chi connectivity index (χ0v) is 10.5. The normalized spacial score (nSPS) is 10.4. The Kier molecular flexibility index (Phi) is 3.98. The van der Waals surface area contributed by atoms with Gasteiger partial charge in [-0.05, 0) is 18.2 Å². The Balaban J connectivity index is 1.94. The molecule has 2 aromatic rings. The third-order valence-corrected chi connectivity index (χ3v) is 3.40. The molecule has 4 heteroatoms. The standard InChI is InChI=1S/C13H15NO2S/c1-15-13-7-11(14)5-4-10(13)8-17-9-12-3-2-6-16-12/h2-7H,8-9,14H2,1H3. The molecule has 0 atom stereocenters. The van der Waals surface area contributed by atoms with Crippen LogP contribution >= 0.6 is 11.8 Å². The van der Waals surface area contributed by atoms with Gasteiger partial charge in [0.1, 0.15) is 11.5 Å². The van der Waals surface area contributed by atoms with Crippen molar-refractivity contribution in [2.75, 3.05) is 12.8 Å². The van der Waals surface area contributed by atoms with Crippen LogP contribution in [-0.4, -0.2) is 7.11 Å². The Bertz CT molecular complexity index is 468. The van der Waals surface area contributed by atoms with Gasteiger partial charge in [0.05, 0.1) is 19.1 Å². The van der Waals surface area contributed by atoms with Crippen LogP contribution in [0.5, 0.6) is 5.75 Å². The van der Waals surface area contributed by atoms with Crippen LogP contribution in [0.4, 0.5) is 5.69 Å². The van der Waals surface area contributed by atoms with Gasteiger partial charge in [-0.15, -0.1) is 11.8 Å². The first kappa shape index (κ1) is 11.9. The molecule has 0 unspecified atom stereocenters. The summed E-state index contributed by atoms with van der Waals surface area (Å²) in [5.41, 5.74) is 7.58. The highest BCUT2D eigenvalue weighted by atomic mass is 32.2. The zero-order valence-electron chi connectivity index (χ0n) is 9.68. The van der Waals surface area contributed by atoms with E-state index in [9.17, 15) is 0 Å². The van der Waals surface area contributed by atoms with E-state index in [-0.39, 0.29) is 0 Å². The molecule has 90 valence electrons. The summed E-state index contributed by atoms with van der Waals surface area (Å²) in [7, 11) is 1.66. The van der Waals surface area contributed by atoms with Gasteiger partial charge in [-0.3, -0.25) is 0 Å². The van der Waals surface area contributed by atoms with Gasteiger partial charge in [-0.25, -0.2) is 0 Å². The molecule has 0 aliphatic rings. The van der Waals surface area contributed by atoms with E-state index in [2.05, 4.69) is 0 Å². The number of ether oxygens (including phenoxy) is 1. The van der Waals surface area contributed by atoms with Crippen molar-refractivity contribution in [3.63, 3.8) is 0 Å². The van der Waals surface area contributed by atoms with Gasteiger partial charge in [0.25, 0.3) is 0 Å². The Labute approximate surface area is 105 Å². The Hall–Kier alpha value is -1.55. The lowest BCUT2D eigenvalue weighted by molar-refractivity contribution is 0.411. The molecule has 17 heavy (non-hydrogen) atoms. The van der Waals surface area contributed by atoms with Crippen LogP contribution in [0, 0.1) is 0 Å². The number of nitrogen functional groups attached to an aromatic ring is 1. The summed E-state index contributed by atoms with van der Waals surface area (Å²) in [6.07, 6.45) is 1.69. The molecule has 0 radical (unpaired) electrons. The Morgan fingerprint density at radius 3 is 2.88 bits per heavy atom. The third kappa shape index (κ3) is 3.20. The van der Waals surface area contributed by atoms with Crippen LogP contribution in [0.2, 0.25) is 0 Å². The Morgan fingerprint density at radius 1 is 1.29 bits per heavy atom. The van der Waals surface area contributed by atoms with Gasteiger partial charge in [0, 0.05) is 23.1 Å². The number of furan rings is 1. The number of nitrogens with two attached hydrogens (primary N) is 1. The van der Waals surface area contributed by atoms with Crippen LogP contribution in [0.25, 0.3) is 0 Å². The van der Waals surface area contributed by atoms with Gasteiger partial charge < -0.3 is 14.9 Å². The summed E-state index contributed by atoms with van der Waals surface area (Å²) < 4.78 is 10.6. The highest BCUT2D eigenvalue weighted by molar-refractivity contribution is 7.97. The SMILES string of the molecule is COc1cc(N)ccc1CSCc1ccco1. The van der Waals surface area contributed by atoms with E-state index < -0.39 is 0 Å². The van der Waals surface area contributed by atoms with Crippen LogP contribution in [0.1, 0.15) is 11.3 Å². The number of benzene rings is 1. The number of methoxy groups -OCH3 is 1. The van der Waals surface area contributed by atoms with Gasteiger partial charge in [-0.1, -0.05) is 6.07 Å². The summed E-state index contributed by atoms with van der Waals surface area (Å²) in [5, 5.41) is 0. The molecule has 0 fully saturated rings. The van der Waals surface area contributed by atoms with Crippen LogP contribution < -0.4 is 10.5 Å². The average molecular weight is 249 g/mol. The Morgan fingerprint density at radius 2 is 2.18 bits per heavy atom. The maximum atomic E-state index is 5.71. The van der Waals surface area contributed by atoms with Crippen molar-refractivity contribution in [2.24, 2.45) is 0 Å². The molecule has 1 aromatic carbocycles. The van der Waals surface area contributed by atoms with E-state index in [0.29, 0.717) is 0 Å². The van der Waals surface area contributed by atoms with Gasteiger partial charge in [0.2, 0.25) is 0 Å². The fourth-order valence-corrected chi connectivity index (χ4v) is 2.46. The lowest BCUT2D eigenvalue weighted by Gasteiger charge is -2.08. The maximum Gasteiger partial charge on any atom is 0.124 e. The molecule has 3 nitrogen and oxygen atoms in total. The van der Waals surface area contributed by atoms with Crippen molar-refractivity contribution in [2.45, 2.75) is 11.5 Å². The fraction of sp³-hybridized carbons (Fsp3) is 0.231. The first-order valence-electron chi connectivity index (χ1n) is 5.32. The molecular weight excluding hydrogens is 234 g/mol. The summed E-state index contributed by atoms with van der Waals surface area (Å²) in [4.78, 5) is 0. The van der Waals surface area contributed by atoms with Crippen molar-refractivity contribution >= 4 is 17.4 Å². The van der Waals surface area contributed by atoms with Gasteiger partial charge in [-0.2, -0.15) is 0 Å². The fourth-order valence-electron chi connectivity index (χ4n) is 1.54. The predicted octanol–water partition coefficient (Wildman–Crippen LogP) is 3.30. The third-order valence-electron chi connectivity index (χ3n) is 2.39. The molecule has 0 saturated carbocycles. The summed E-state index contributed by atoms with van der Waals surface area (Å²) in [6.45, 7) is 0. The van der Waals surface area contributed by atoms with Crippen molar-refractivity contribution in [3.05, 3.63) is 47.9 Å². The van der Waals surface area contributed by atoms with Crippen molar-refractivity contribution in [1.29, 1.82) is 0 Å². The molecular formula is C13H15NO2S. The van der Waals surface area contributed by atoms with E-state index >= 15 is 0 Å². The highest BCUT2D eigenvalue weighted by Gasteiger charge is 2.04. The molecule has 0 saturated heterocycles. The average Bonchev–Trinajstić information content (AvgIpc) is 2.84. The lowest BCUT2D eigenvalue weighted by Crippen LogP contribution is -1.93. The smallest absolute Gasteiger partial charge is 0.124 e. The number of rotatable bonds is 5. The molecule has 0 aliphatic heterocycles.